The summed E-state index contributed by atoms with van der Waals surface area (Å²) in [7, 11) is 0. The lowest BCUT2D eigenvalue weighted by molar-refractivity contribution is 0.0184. The minimum absolute atomic E-state index is 0.183. The van der Waals surface area contributed by atoms with E-state index in [2.05, 4.69) is 29.2 Å². The van der Waals surface area contributed by atoms with E-state index < -0.39 is 5.60 Å². The van der Waals surface area contributed by atoms with Crippen LogP contribution in [0, 0.1) is 5.92 Å². The minimum atomic E-state index is -0.424. The van der Waals surface area contributed by atoms with Gasteiger partial charge in [-0.1, -0.05) is 12.1 Å². The van der Waals surface area contributed by atoms with Crippen LogP contribution in [0.1, 0.15) is 39.2 Å². The number of carbonyl (C=O) groups excluding carboxylic acids is 1. The molecule has 24 heavy (non-hydrogen) atoms. The third-order valence-electron chi connectivity index (χ3n) is 4.46. The Kier molecular flexibility index (Phi) is 4.74. The van der Waals surface area contributed by atoms with E-state index >= 15 is 0 Å². The second kappa shape index (κ2) is 6.80. The molecule has 1 aromatic carbocycles. The molecule has 1 aliphatic heterocycles. The van der Waals surface area contributed by atoms with Crippen LogP contribution in [0.5, 0.6) is 0 Å². The van der Waals surface area contributed by atoms with Crippen LogP contribution in [-0.4, -0.2) is 34.7 Å². The van der Waals surface area contributed by atoms with Crippen LogP contribution in [0.3, 0.4) is 0 Å². The normalized spacial score (nSPS) is 16.4. The quantitative estimate of drug-likeness (QED) is 0.820. The van der Waals surface area contributed by atoms with Gasteiger partial charge in [-0.15, -0.1) is 0 Å². The summed E-state index contributed by atoms with van der Waals surface area (Å²) < 4.78 is 5.46. The van der Waals surface area contributed by atoms with E-state index in [0.29, 0.717) is 5.92 Å². The van der Waals surface area contributed by atoms with Gasteiger partial charge in [0.2, 0.25) is 0 Å². The van der Waals surface area contributed by atoms with Crippen molar-refractivity contribution in [3.8, 4) is 0 Å². The molecule has 0 atom stereocenters. The van der Waals surface area contributed by atoms with Crippen molar-refractivity contribution >= 4 is 17.0 Å². The van der Waals surface area contributed by atoms with Crippen molar-refractivity contribution in [2.45, 2.75) is 45.6 Å². The number of hydrogen-bond donors (Lipinski definition) is 0. The predicted octanol–water partition coefficient (Wildman–Crippen LogP) is 4.42. The molecular formula is C20H26N2O2. The fourth-order valence-corrected chi connectivity index (χ4v) is 3.23. The van der Waals surface area contributed by atoms with E-state index in [1.807, 2.05) is 37.9 Å². The van der Waals surface area contributed by atoms with Gasteiger partial charge in [0.05, 0.1) is 5.52 Å². The number of pyridine rings is 1. The van der Waals surface area contributed by atoms with Crippen LogP contribution in [0.2, 0.25) is 0 Å². The largest absolute Gasteiger partial charge is 0.444 e. The monoisotopic (exact) mass is 326 g/mol. The van der Waals surface area contributed by atoms with E-state index in [1.54, 1.807) is 0 Å². The summed E-state index contributed by atoms with van der Waals surface area (Å²) >= 11 is 0. The fraction of sp³-hybridized carbons (Fsp3) is 0.500. The van der Waals surface area contributed by atoms with Gasteiger partial charge in [0.15, 0.2) is 0 Å². The molecule has 0 radical (unpaired) electrons. The highest BCUT2D eigenvalue weighted by Crippen LogP contribution is 2.24. The van der Waals surface area contributed by atoms with E-state index in [-0.39, 0.29) is 6.09 Å². The molecule has 4 nitrogen and oxygen atoms in total. The predicted molar refractivity (Wildman–Crippen MR) is 96.0 cm³/mol. The first-order valence-corrected chi connectivity index (χ1v) is 8.72. The lowest BCUT2D eigenvalue weighted by atomic mass is 9.90. The van der Waals surface area contributed by atoms with Crippen LogP contribution in [0.15, 0.2) is 36.5 Å². The smallest absolute Gasteiger partial charge is 0.410 e. The molecule has 4 heteroatoms. The Hall–Kier alpha value is -2.10. The maximum absolute atomic E-state index is 12.1. The molecule has 0 saturated carbocycles. The number of aromatic nitrogens is 1. The summed E-state index contributed by atoms with van der Waals surface area (Å²) in [5.74, 6) is 0.623. The summed E-state index contributed by atoms with van der Waals surface area (Å²) in [6, 6.07) is 10.6. The topological polar surface area (TPSA) is 42.4 Å². The van der Waals surface area contributed by atoms with Crippen molar-refractivity contribution in [3.05, 3.63) is 42.1 Å². The number of ether oxygens (including phenoxy) is 1. The van der Waals surface area contributed by atoms with Gasteiger partial charge < -0.3 is 9.64 Å². The first-order chi connectivity index (χ1) is 11.4. The van der Waals surface area contributed by atoms with Gasteiger partial charge >= 0.3 is 6.09 Å². The SMILES string of the molecule is CC(C)(C)OC(=O)N1CCC(Cc2ccc3ncccc3c2)CC1. The summed E-state index contributed by atoms with van der Waals surface area (Å²) in [5.41, 5.74) is 1.97. The molecule has 2 heterocycles. The Bertz CT molecular complexity index is 713. The van der Waals surface area contributed by atoms with Crippen molar-refractivity contribution in [1.29, 1.82) is 0 Å². The second-order valence-corrected chi connectivity index (χ2v) is 7.65. The minimum Gasteiger partial charge on any atom is -0.444 e. The summed E-state index contributed by atoms with van der Waals surface area (Å²) in [6.45, 7) is 7.30. The molecule has 2 aromatic rings. The molecular weight excluding hydrogens is 300 g/mol. The van der Waals surface area contributed by atoms with Crippen LogP contribution in [-0.2, 0) is 11.2 Å². The number of piperidine rings is 1. The van der Waals surface area contributed by atoms with Crippen LogP contribution < -0.4 is 0 Å². The molecule has 3 rings (SSSR count). The Balaban J connectivity index is 1.55. The Labute approximate surface area is 143 Å². The number of amides is 1. The zero-order valence-electron chi connectivity index (χ0n) is 14.8. The summed E-state index contributed by atoms with van der Waals surface area (Å²) in [6.07, 6.45) is 4.77. The second-order valence-electron chi connectivity index (χ2n) is 7.65. The lowest BCUT2D eigenvalue weighted by Crippen LogP contribution is -2.42. The molecule has 0 unspecified atom stereocenters. The van der Waals surface area contributed by atoms with Crippen LogP contribution in [0.25, 0.3) is 10.9 Å². The van der Waals surface area contributed by atoms with Gasteiger partial charge in [0.1, 0.15) is 5.60 Å². The number of hydrogen-bond acceptors (Lipinski definition) is 3. The number of rotatable bonds is 2. The number of carbonyl (C=O) groups is 1. The van der Waals surface area contributed by atoms with Crippen molar-refractivity contribution < 1.29 is 9.53 Å². The first kappa shape index (κ1) is 16.7. The van der Waals surface area contributed by atoms with Gasteiger partial charge in [0.25, 0.3) is 0 Å². The highest BCUT2D eigenvalue weighted by Gasteiger charge is 2.26. The molecule has 1 saturated heterocycles. The highest BCUT2D eigenvalue weighted by molar-refractivity contribution is 5.78. The highest BCUT2D eigenvalue weighted by atomic mass is 16.6. The van der Waals surface area contributed by atoms with E-state index in [9.17, 15) is 4.79 Å². The van der Waals surface area contributed by atoms with Gasteiger partial charge in [-0.05, 0) is 69.7 Å². The van der Waals surface area contributed by atoms with Gasteiger partial charge in [-0.3, -0.25) is 4.98 Å². The molecule has 1 amide bonds. The number of nitrogens with zero attached hydrogens (tertiary/aromatic N) is 2. The maximum Gasteiger partial charge on any atom is 0.410 e. The van der Waals surface area contributed by atoms with E-state index in [0.717, 1.165) is 37.9 Å². The Morgan fingerprint density at radius 2 is 2.00 bits per heavy atom. The standard InChI is InChI=1S/C20H26N2O2/c1-20(2,3)24-19(23)22-11-8-15(9-12-22)13-16-6-7-18-17(14-16)5-4-10-21-18/h4-7,10,14-15H,8-9,11-13H2,1-3H3. The molecule has 0 bridgehead atoms. The number of benzene rings is 1. The Morgan fingerprint density at radius 1 is 1.25 bits per heavy atom. The number of fused-ring (bicyclic) bond motifs is 1. The molecule has 128 valence electrons. The molecule has 1 aliphatic rings. The molecule has 0 spiro atoms. The third-order valence-corrected chi connectivity index (χ3v) is 4.46. The molecule has 0 N–H and O–H groups in total. The van der Waals surface area contributed by atoms with Crippen LogP contribution >= 0.6 is 0 Å². The van der Waals surface area contributed by atoms with Crippen molar-refractivity contribution in [1.82, 2.24) is 9.88 Å². The van der Waals surface area contributed by atoms with Gasteiger partial charge in [-0.25, -0.2) is 4.79 Å². The molecule has 1 aromatic heterocycles. The lowest BCUT2D eigenvalue weighted by Gasteiger charge is -2.33. The first-order valence-electron chi connectivity index (χ1n) is 8.72. The third kappa shape index (κ3) is 4.25. The number of likely N-dealkylation sites (tertiary alicyclic amines) is 1. The van der Waals surface area contributed by atoms with E-state index in [4.69, 9.17) is 4.74 Å². The van der Waals surface area contributed by atoms with Crippen molar-refractivity contribution in [2.75, 3.05) is 13.1 Å². The zero-order chi connectivity index (χ0) is 17.2. The van der Waals surface area contributed by atoms with Gasteiger partial charge in [-0.2, -0.15) is 0 Å². The van der Waals surface area contributed by atoms with Crippen LogP contribution in [0.4, 0.5) is 4.79 Å². The molecule has 0 aliphatic carbocycles. The molecule has 1 fully saturated rings. The fourth-order valence-electron chi connectivity index (χ4n) is 3.23. The van der Waals surface area contributed by atoms with Crippen molar-refractivity contribution in [3.63, 3.8) is 0 Å². The Morgan fingerprint density at radius 3 is 2.71 bits per heavy atom. The average Bonchev–Trinajstić information content (AvgIpc) is 2.54. The zero-order valence-corrected chi connectivity index (χ0v) is 14.8. The summed E-state index contributed by atoms with van der Waals surface area (Å²) in [5, 5.41) is 1.20. The van der Waals surface area contributed by atoms with E-state index in [1.165, 1.54) is 10.9 Å². The summed E-state index contributed by atoms with van der Waals surface area (Å²) in [4.78, 5) is 18.3. The van der Waals surface area contributed by atoms with Crippen molar-refractivity contribution in [2.24, 2.45) is 5.92 Å². The maximum atomic E-state index is 12.1. The van der Waals surface area contributed by atoms with Gasteiger partial charge in [0, 0.05) is 24.7 Å². The average molecular weight is 326 g/mol.